The molecule has 1 aliphatic heterocycles. The fourth-order valence-corrected chi connectivity index (χ4v) is 3.85. The molecule has 0 fully saturated rings. The molecule has 0 N–H and O–H groups in total. The molecule has 1 aliphatic rings. The number of hydrogen-bond acceptors (Lipinski definition) is 5. The van der Waals surface area contributed by atoms with Crippen molar-refractivity contribution in [1.29, 1.82) is 0 Å². The van der Waals surface area contributed by atoms with Crippen LogP contribution in [0.2, 0.25) is 0 Å². The highest BCUT2D eigenvalue weighted by atomic mass is 127. The molecule has 0 aliphatic carbocycles. The topological polar surface area (TPSA) is 57.1 Å². The van der Waals surface area contributed by atoms with Gasteiger partial charge in [-0.15, -0.1) is 0 Å². The average Bonchev–Trinajstić information content (AvgIpc) is 3.14. The normalized spacial score (nSPS) is 14.4. The molecule has 6 heteroatoms. The van der Waals surface area contributed by atoms with Gasteiger partial charge in [-0.05, 0) is 51.9 Å². The summed E-state index contributed by atoms with van der Waals surface area (Å²) in [6.45, 7) is 0.435. The zero-order valence-electron chi connectivity index (χ0n) is 16.2. The lowest BCUT2D eigenvalue weighted by Crippen LogP contribution is -2.07. The molecule has 0 spiro atoms. The summed E-state index contributed by atoms with van der Waals surface area (Å²) in [7, 11) is 1.60. The van der Waals surface area contributed by atoms with Gasteiger partial charge in [-0.25, -0.2) is 4.79 Å². The minimum Gasteiger partial charge on any atom is -0.493 e. The van der Waals surface area contributed by atoms with E-state index < -0.39 is 5.97 Å². The van der Waals surface area contributed by atoms with E-state index >= 15 is 0 Å². The molecule has 0 atom stereocenters. The monoisotopic (exact) mass is 511 g/mol. The van der Waals surface area contributed by atoms with Gasteiger partial charge in [-0.2, -0.15) is 0 Å². The smallest absolute Gasteiger partial charge is 0.368 e. The number of halogens is 1. The Bertz CT molecular complexity index is 1120. The first kappa shape index (κ1) is 20.2. The first-order chi connectivity index (χ1) is 14.7. The molecule has 4 rings (SSSR count). The maximum atomic E-state index is 12.3. The number of methoxy groups -OCH3 is 1. The van der Waals surface area contributed by atoms with Crippen LogP contribution >= 0.6 is 22.6 Å². The number of ether oxygens (including phenoxy) is 2. The lowest BCUT2D eigenvalue weighted by atomic mass is 10.0. The predicted octanol–water partition coefficient (Wildman–Crippen LogP) is 5.22. The number of oxime groups is 1. The minimum atomic E-state index is -0.479. The summed E-state index contributed by atoms with van der Waals surface area (Å²) in [5, 5.41) is 3.95. The number of nitrogens with zero attached hydrogens (tertiary/aromatic N) is 1. The molecule has 0 radical (unpaired) electrons. The Kier molecular flexibility index (Phi) is 6.13. The molecular weight excluding hydrogens is 493 g/mol. The van der Waals surface area contributed by atoms with Crippen LogP contribution in [0.1, 0.15) is 16.7 Å². The van der Waals surface area contributed by atoms with Crippen molar-refractivity contribution in [1.82, 2.24) is 0 Å². The molecule has 3 aromatic carbocycles. The highest BCUT2D eigenvalue weighted by molar-refractivity contribution is 14.1. The highest BCUT2D eigenvalue weighted by Crippen LogP contribution is 2.35. The summed E-state index contributed by atoms with van der Waals surface area (Å²) in [6.07, 6.45) is 1.76. The van der Waals surface area contributed by atoms with Gasteiger partial charge in [0, 0.05) is 5.56 Å². The average molecular weight is 511 g/mol. The van der Waals surface area contributed by atoms with E-state index in [4.69, 9.17) is 14.3 Å². The van der Waals surface area contributed by atoms with E-state index in [1.54, 1.807) is 13.2 Å². The summed E-state index contributed by atoms with van der Waals surface area (Å²) < 4.78 is 12.4. The van der Waals surface area contributed by atoms with E-state index in [0.29, 0.717) is 29.4 Å². The van der Waals surface area contributed by atoms with E-state index in [9.17, 15) is 4.79 Å². The molecule has 150 valence electrons. The van der Waals surface area contributed by atoms with Crippen molar-refractivity contribution in [2.75, 3.05) is 7.11 Å². The Balaban J connectivity index is 1.64. The molecule has 0 aromatic heterocycles. The molecular formula is C24H18INO4. The van der Waals surface area contributed by atoms with Crippen LogP contribution in [0.5, 0.6) is 11.5 Å². The standard InChI is InChI=1S/C24H18INO4/c1-28-21-14-17(13-20(25)23(21)29-15-16-8-4-2-5-9-16)12-19-22(26-30-24(19)27)18-10-6-3-7-11-18/h2-14H,15H2,1H3/b19-12-. The van der Waals surface area contributed by atoms with Gasteiger partial charge in [0.15, 0.2) is 11.5 Å². The third-order valence-electron chi connectivity index (χ3n) is 4.53. The number of carbonyl (C=O) groups is 1. The van der Waals surface area contributed by atoms with Crippen LogP contribution in [-0.4, -0.2) is 18.8 Å². The number of carbonyl (C=O) groups excluding carboxylic acids is 1. The summed E-state index contributed by atoms with van der Waals surface area (Å²) in [4.78, 5) is 17.2. The van der Waals surface area contributed by atoms with Crippen LogP contribution in [0.15, 0.2) is 83.5 Å². The second-order valence-corrected chi connectivity index (χ2v) is 7.71. The van der Waals surface area contributed by atoms with Gasteiger partial charge in [-0.1, -0.05) is 65.8 Å². The van der Waals surface area contributed by atoms with E-state index in [1.165, 1.54) is 0 Å². The second kappa shape index (κ2) is 9.13. The maximum Gasteiger partial charge on any atom is 0.368 e. The van der Waals surface area contributed by atoms with Gasteiger partial charge in [0.25, 0.3) is 0 Å². The van der Waals surface area contributed by atoms with Gasteiger partial charge < -0.3 is 14.3 Å². The van der Waals surface area contributed by atoms with Crippen molar-refractivity contribution in [3.05, 3.63) is 98.6 Å². The molecule has 0 saturated heterocycles. The quantitative estimate of drug-likeness (QED) is 0.259. The largest absolute Gasteiger partial charge is 0.493 e. The lowest BCUT2D eigenvalue weighted by Gasteiger charge is -2.14. The Morgan fingerprint density at radius 2 is 1.73 bits per heavy atom. The Morgan fingerprint density at radius 3 is 2.43 bits per heavy atom. The van der Waals surface area contributed by atoms with Crippen LogP contribution in [0.4, 0.5) is 0 Å². The molecule has 0 saturated carbocycles. The molecule has 30 heavy (non-hydrogen) atoms. The third-order valence-corrected chi connectivity index (χ3v) is 5.33. The van der Waals surface area contributed by atoms with Gasteiger partial charge in [0.05, 0.1) is 16.3 Å². The fourth-order valence-electron chi connectivity index (χ4n) is 3.07. The van der Waals surface area contributed by atoms with Crippen LogP contribution in [0.25, 0.3) is 6.08 Å². The number of rotatable bonds is 6. The molecule has 0 bridgehead atoms. The molecule has 0 unspecified atom stereocenters. The van der Waals surface area contributed by atoms with Crippen molar-refractivity contribution < 1.29 is 19.1 Å². The van der Waals surface area contributed by atoms with Crippen molar-refractivity contribution >= 4 is 40.3 Å². The second-order valence-electron chi connectivity index (χ2n) is 6.55. The molecule has 0 amide bonds. The van der Waals surface area contributed by atoms with Crippen molar-refractivity contribution in [3.8, 4) is 11.5 Å². The van der Waals surface area contributed by atoms with Gasteiger partial charge in [-0.3, -0.25) is 0 Å². The van der Waals surface area contributed by atoms with Crippen LogP contribution < -0.4 is 9.47 Å². The lowest BCUT2D eigenvalue weighted by molar-refractivity contribution is -0.136. The Morgan fingerprint density at radius 1 is 1.03 bits per heavy atom. The minimum absolute atomic E-state index is 0.400. The zero-order chi connectivity index (χ0) is 20.9. The zero-order valence-corrected chi connectivity index (χ0v) is 18.3. The van der Waals surface area contributed by atoms with Gasteiger partial charge in [0.1, 0.15) is 12.3 Å². The maximum absolute atomic E-state index is 12.3. The number of benzene rings is 3. The SMILES string of the molecule is COc1cc(/C=C2\C(=O)ON=C2c2ccccc2)cc(I)c1OCc1ccccc1. The van der Waals surface area contributed by atoms with Gasteiger partial charge in [0.2, 0.25) is 0 Å². The first-order valence-corrected chi connectivity index (χ1v) is 10.3. The first-order valence-electron chi connectivity index (χ1n) is 9.27. The summed E-state index contributed by atoms with van der Waals surface area (Å²) in [6, 6.07) is 23.2. The van der Waals surface area contributed by atoms with E-state index in [0.717, 1.165) is 20.3 Å². The predicted molar refractivity (Wildman–Crippen MR) is 124 cm³/mol. The van der Waals surface area contributed by atoms with E-state index in [2.05, 4.69) is 27.7 Å². The Labute approximate surface area is 188 Å². The van der Waals surface area contributed by atoms with Crippen molar-refractivity contribution in [2.45, 2.75) is 6.61 Å². The summed E-state index contributed by atoms with van der Waals surface area (Å²) in [5.41, 5.74) is 3.59. The van der Waals surface area contributed by atoms with Crippen LogP contribution in [-0.2, 0) is 16.2 Å². The molecule has 3 aromatic rings. The third kappa shape index (κ3) is 4.38. The van der Waals surface area contributed by atoms with Crippen molar-refractivity contribution in [2.24, 2.45) is 5.16 Å². The number of hydrogen-bond donors (Lipinski definition) is 0. The fraction of sp³-hybridized carbons (Fsp3) is 0.0833. The van der Waals surface area contributed by atoms with Crippen molar-refractivity contribution in [3.63, 3.8) is 0 Å². The highest BCUT2D eigenvalue weighted by Gasteiger charge is 2.27. The molecule has 5 nitrogen and oxygen atoms in total. The Hall–Kier alpha value is -3.13. The van der Waals surface area contributed by atoms with Crippen LogP contribution in [0.3, 0.4) is 0 Å². The summed E-state index contributed by atoms with van der Waals surface area (Å²) >= 11 is 2.21. The van der Waals surface area contributed by atoms with E-state index in [1.807, 2.05) is 72.8 Å². The van der Waals surface area contributed by atoms with Crippen LogP contribution in [0, 0.1) is 3.57 Å². The molecule has 1 heterocycles. The summed E-state index contributed by atoms with van der Waals surface area (Å²) in [5.74, 6) is 0.775. The van der Waals surface area contributed by atoms with E-state index in [-0.39, 0.29) is 0 Å². The van der Waals surface area contributed by atoms with Gasteiger partial charge >= 0.3 is 5.97 Å².